The van der Waals surface area contributed by atoms with Gasteiger partial charge in [0.05, 0.1) is 6.04 Å². The molecular weight excluding hydrogens is 317 g/mol. The molecule has 0 bridgehead atoms. The number of carbonyl (C=O) groups excluding carboxylic acids is 1. The van der Waals surface area contributed by atoms with Gasteiger partial charge in [0.2, 0.25) is 0 Å². The summed E-state index contributed by atoms with van der Waals surface area (Å²) in [5.74, 6) is 0.529. The van der Waals surface area contributed by atoms with E-state index in [1.54, 1.807) is 0 Å². The summed E-state index contributed by atoms with van der Waals surface area (Å²) in [6.45, 7) is 0. The zero-order valence-electron chi connectivity index (χ0n) is 12.1. The SMILES string of the molecule is O=CCc1ccccc1NC(c1c(Cl)cccc1Cl)C1CC1. The Morgan fingerprint density at radius 1 is 1.09 bits per heavy atom. The third-order valence-electron chi connectivity index (χ3n) is 4.04. The van der Waals surface area contributed by atoms with Gasteiger partial charge in [-0.1, -0.05) is 47.5 Å². The number of anilines is 1. The number of nitrogens with one attached hydrogen (secondary N) is 1. The number of aldehydes is 1. The average molecular weight is 334 g/mol. The van der Waals surface area contributed by atoms with Crippen LogP contribution >= 0.6 is 23.2 Å². The van der Waals surface area contributed by atoms with Gasteiger partial charge in [0.25, 0.3) is 0 Å². The van der Waals surface area contributed by atoms with Gasteiger partial charge >= 0.3 is 0 Å². The van der Waals surface area contributed by atoms with Crippen LogP contribution in [0.5, 0.6) is 0 Å². The summed E-state index contributed by atoms with van der Waals surface area (Å²) >= 11 is 12.8. The molecule has 1 aliphatic carbocycles. The highest BCUT2D eigenvalue weighted by Gasteiger charge is 2.35. The second-order valence-corrected chi connectivity index (χ2v) is 6.44. The molecule has 1 aliphatic rings. The Bertz CT molecular complexity index is 662. The highest BCUT2D eigenvalue weighted by molar-refractivity contribution is 6.36. The number of benzene rings is 2. The van der Waals surface area contributed by atoms with E-state index in [-0.39, 0.29) is 6.04 Å². The lowest BCUT2D eigenvalue weighted by atomic mass is 10.0. The van der Waals surface area contributed by atoms with Crippen LogP contribution in [0.1, 0.15) is 30.0 Å². The molecule has 0 amide bonds. The van der Waals surface area contributed by atoms with Crippen LogP contribution < -0.4 is 5.32 Å². The molecule has 0 radical (unpaired) electrons. The van der Waals surface area contributed by atoms with E-state index in [1.807, 2.05) is 42.5 Å². The monoisotopic (exact) mass is 333 g/mol. The third-order valence-corrected chi connectivity index (χ3v) is 4.69. The smallest absolute Gasteiger partial charge is 0.124 e. The van der Waals surface area contributed by atoms with Gasteiger partial charge in [0.15, 0.2) is 0 Å². The zero-order valence-corrected chi connectivity index (χ0v) is 13.6. The van der Waals surface area contributed by atoms with Crippen molar-refractivity contribution in [1.82, 2.24) is 0 Å². The molecule has 0 saturated heterocycles. The van der Waals surface area contributed by atoms with Crippen molar-refractivity contribution in [2.24, 2.45) is 5.92 Å². The van der Waals surface area contributed by atoms with Crippen molar-refractivity contribution in [2.75, 3.05) is 5.32 Å². The van der Waals surface area contributed by atoms with E-state index in [1.165, 1.54) is 0 Å². The summed E-state index contributed by atoms with van der Waals surface area (Å²) in [6.07, 6.45) is 3.65. The van der Waals surface area contributed by atoms with Gasteiger partial charge in [-0.15, -0.1) is 0 Å². The van der Waals surface area contributed by atoms with Gasteiger partial charge in [-0.2, -0.15) is 0 Å². The Balaban J connectivity index is 1.95. The summed E-state index contributed by atoms with van der Waals surface area (Å²) in [5.41, 5.74) is 2.92. The third kappa shape index (κ3) is 3.29. The lowest BCUT2D eigenvalue weighted by molar-refractivity contribution is -0.107. The quantitative estimate of drug-likeness (QED) is 0.727. The predicted octanol–water partition coefficient (Wildman–Crippen LogP) is 5.30. The maximum atomic E-state index is 10.9. The molecule has 1 fully saturated rings. The zero-order chi connectivity index (χ0) is 15.5. The molecule has 4 heteroatoms. The topological polar surface area (TPSA) is 29.1 Å². The molecule has 2 aromatic rings. The summed E-state index contributed by atoms with van der Waals surface area (Å²) in [5, 5.41) is 4.93. The number of rotatable bonds is 6. The Morgan fingerprint density at radius 2 is 1.77 bits per heavy atom. The maximum absolute atomic E-state index is 10.9. The summed E-state index contributed by atoms with van der Waals surface area (Å²) in [6, 6.07) is 13.6. The van der Waals surface area contributed by atoms with E-state index in [0.717, 1.165) is 35.9 Å². The van der Waals surface area contributed by atoms with Crippen LogP contribution in [0.15, 0.2) is 42.5 Å². The van der Waals surface area contributed by atoms with Crippen molar-refractivity contribution < 1.29 is 4.79 Å². The molecule has 22 heavy (non-hydrogen) atoms. The minimum atomic E-state index is 0.0778. The Labute approximate surface area is 140 Å². The van der Waals surface area contributed by atoms with Crippen molar-refractivity contribution >= 4 is 35.2 Å². The Morgan fingerprint density at radius 3 is 2.41 bits per heavy atom. The molecule has 1 atom stereocenters. The number of para-hydroxylation sites is 1. The molecule has 1 unspecified atom stereocenters. The minimum absolute atomic E-state index is 0.0778. The van der Waals surface area contributed by atoms with Crippen LogP contribution in [0.4, 0.5) is 5.69 Å². The number of carbonyl (C=O) groups is 1. The largest absolute Gasteiger partial charge is 0.378 e. The summed E-state index contributed by atoms with van der Waals surface area (Å²) in [4.78, 5) is 10.9. The first-order valence-corrected chi connectivity index (χ1v) is 8.18. The number of hydrogen-bond acceptors (Lipinski definition) is 2. The minimum Gasteiger partial charge on any atom is -0.378 e. The van der Waals surface area contributed by atoms with Crippen LogP contribution in [-0.2, 0) is 11.2 Å². The molecule has 114 valence electrons. The van der Waals surface area contributed by atoms with E-state index in [0.29, 0.717) is 22.4 Å². The molecule has 0 spiro atoms. The molecular formula is C18H17Cl2NO. The van der Waals surface area contributed by atoms with Gasteiger partial charge in [0, 0.05) is 27.7 Å². The first-order valence-electron chi connectivity index (χ1n) is 7.42. The maximum Gasteiger partial charge on any atom is 0.124 e. The van der Waals surface area contributed by atoms with Crippen LogP contribution in [-0.4, -0.2) is 6.29 Å². The normalized spacial score (nSPS) is 15.4. The van der Waals surface area contributed by atoms with Gasteiger partial charge in [-0.05, 0) is 42.5 Å². The van der Waals surface area contributed by atoms with Crippen LogP contribution in [0.25, 0.3) is 0 Å². The van der Waals surface area contributed by atoms with Crippen molar-refractivity contribution in [3.63, 3.8) is 0 Å². The van der Waals surface area contributed by atoms with E-state index in [9.17, 15) is 4.79 Å². The van der Waals surface area contributed by atoms with Gasteiger partial charge in [0.1, 0.15) is 6.29 Å². The second-order valence-electron chi connectivity index (χ2n) is 5.62. The molecule has 0 aromatic heterocycles. The van der Waals surface area contributed by atoms with E-state index in [2.05, 4.69) is 5.32 Å². The fourth-order valence-corrected chi connectivity index (χ4v) is 3.39. The van der Waals surface area contributed by atoms with Crippen molar-refractivity contribution in [3.8, 4) is 0 Å². The number of hydrogen-bond donors (Lipinski definition) is 1. The van der Waals surface area contributed by atoms with E-state index < -0.39 is 0 Å². The van der Waals surface area contributed by atoms with Crippen LogP contribution in [0.2, 0.25) is 10.0 Å². The van der Waals surface area contributed by atoms with Gasteiger partial charge in [-0.3, -0.25) is 0 Å². The van der Waals surface area contributed by atoms with Crippen molar-refractivity contribution in [1.29, 1.82) is 0 Å². The standard InChI is InChI=1S/C18H17Cl2NO/c19-14-5-3-6-15(20)17(14)18(13-8-9-13)21-16-7-2-1-4-12(16)10-11-22/h1-7,11,13,18,21H,8-10H2. The van der Waals surface area contributed by atoms with Crippen molar-refractivity contribution in [2.45, 2.75) is 25.3 Å². The summed E-state index contributed by atoms with van der Waals surface area (Å²) < 4.78 is 0. The predicted molar refractivity (Wildman–Crippen MR) is 91.8 cm³/mol. The lowest BCUT2D eigenvalue weighted by Crippen LogP contribution is -2.15. The molecule has 3 rings (SSSR count). The molecule has 0 aliphatic heterocycles. The molecule has 1 N–H and O–H groups in total. The first kappa shape index (κ1) is 15.4. The van der Waals surface area contributed by atoms with Crippen molar-refractivity contribution in [3.05, 3.63) is 63.6 Å². The van der Waals surface area contributed by atoms with Gasteiger partial charge in [-0.25, -0.2) is 0 Å². The molecule has 2 nitrogen and oxygen atoms in total. The molecule has 1 saturated carbocycles. The van der Waals surface area contributed by atoms with Crippen LogP contribution in [0, 0.1) is 5.92 Å². The summed E-state index contributed by atoms with van der Waals surface area (Å²) in [7, 11) is 0. The lowest BCUT2D eigenvalue weighted by Gasteiger charge is -2.23. The fraction of sp³-hybridized carbons (Fsp3) is 0.278. The van der Waals surface area contributed by atoms with E-state index >= 15 is 0 Å². The van der Waals surface area contributed by atoms with E-state index in [4.69, 9.17) is 23.2 Å². The Hall–Kier alpha value is -1.51. The van der Waals surface area contributed by atoms with Crippen LogP contribution in [0.3, 0.4) is 0 Å². The average Bonchev–Trinajstić information content (AvgIpc) is 3.32. The Kier molecular flexibility index (Phi) is 4.70. The first-order chi connectivity index (χ1) is 10.7. The number of halogens is 2. The molecule has 0 heterocycles. The van der Waals surface area contributed by atoms with Gasteiger partial charge < -0.3 is 10.1 Å². The fourth-order valence-electron chi connectivity index (χ4n) is 2.76. The molecule has 2 aromatic carbocycles. The second kappa shape index (κ2) is 6.72. The highest BCUT2D eigenvalue weighted by atomic mass is 35.5. The highest BCUT2D eigenvalue weighted by Crippen LogP contribution is 2.47.